The van der Waals surface area contributed by atoms with Crippen molar-refractivity contribution in [3.8, 4) is 0 Å². The van der Waals surface area contributed by atoms with Crippen LogP contribution >= 0.6 is 0 Å². The third kappa shape index (κ3) is 5.34. The van der Waals surface area contributed by atoms with Crippen LogP contribution in [0.1, 0.15) is 20.3 Å². The zero-order valence-electron chi connectivity index (χ0n) is 13.6. The Hall–Kier alpha value is -2.13. The molecular formula is C19H24O3. The van der Waals surface area contributed by atoms with Gasteiger partial charge >= 0.3 is 0 Å². The summed E-state index contributed by atoms with van der Waals surface area (Å²) in [5.74, 6) is 0.473. The third-order valence-electron chi connectivity index (χ3n) is 3.04. The zero-order valence-corrected chi connectivity index (χ0v) is 13.6. The van der Waals surface area contributed by atoms with Crippen LogP contribution in [0.4, 0.5) is 0 Å². The summed E-state index contributed by atoms with van der Waals surface area (Å²) >= 11 is 0. The minimum absolute atomic E-state index is 0.0656. The summed E-state index contributed by atoms with van der Waals surface area (Å²) in [4.78, 5) is 12.4. The highest BCUT2D eigenvalue weighted by molar-refractivity contribution is 6.11. The number of allylic oxidation sites excluding steroid dienone is 8. The van der Waals surface area contributed by atoms with Crippen LogP contribution in [0.2, 0.25) is 0 Å². The lowest BCUT2D eigenvalue weighted by atomic mass is 9.98. The zero-order chi connectivity index (χ0) is 16.4. The van der Waals surface area contributed by atoms with Gasteiger partial charge in [0.2, 0.25) is 0 Å². The number of methoxy groups -OCH3 is 1. The van der Waals surface area contributed by atoms with Crippen LogP contribution in [-0.2, 0) is 14.3 Å². The lowest BCUT2D eigenvalue weighted by Gasteiger charge is -2.20. The van der Waals surface area contributed by atoms with E-state index in [-0.39, 0.29) is 12.4 Å². The van der Waals surface area contributed by atoms with Gasteiger partial charge in [-0.25, -0.2) is 0 Å². The van der Waals surface area contributed by atoms with Crippen LogP contribution < -0.4 is 0 Å². The molecule has 0 amide bonds. The first kappa shape index (κ1) is 17.9. The van der Waals surface area contributed by atoms with Crippen LogP contribution in [-0.4, -0.2) is 26.1 Å². The molecule has 0 atom stereocenters. The van der Waals surface area contributed by atoms with Crippen LogP contribution in [0.15, 0.2) is 71.6 Å². The Labute approximate surface area is 133 Å². The summed E-state index contributed by atoms with van der Waals surface area (Å²) in [5, 5.41) is 0. The molecule has 1 heterocycles. The van der Waals surface area contributed by atoms with Crippen LogP contribution in [0.5, 0.6) is 0 Å². The van der Waals surface area contributed by atoms with E-state index in [0.29, 0.717) is 23.5 Å². The van der Waals surface area contributed by atoms with Crippen molar-refractivity contribution in [1.29, 1.82) is 0 Å². The summed E-state index contributed by atoms with van der Waals surface area (Å²) in [6.07, 6.45) is 14.1. The summed E-state index contributed by atoms with van der Waals surface area (Å²) in [5.41, 5.74) is 1.98. The Morgan fingerprint density at radius 1 is 1.45 bits per heavy atom. The Bertz CT molecular complexity index is 557. The maximum absolute atomic E-state index is 12.4. The highest BCUT2D eigenvalue weighted by Gasteiger charge is 2.24. The molecule has 22 heavy (non-hydrogen) atoms. The van der Waals surface area contributed by atoms with Crippen LogP contribution in [0, 0.1) is 0 Å². The van der Waals surface area contributed by atoms with Crippen molar-refractivity contribution in [2.24, 2.45) is 0 Å². The Kier molecular flexibility index (Phi) is 7.94. The molecular weight excluding hydrogens is 276 g/mol. The molecule has 0 aromatic heterocycles. The van der Waals surface area contributed by atoms with Crippen molar-refractivity contribution in [3.63, 3.8) is 0 Å². The molecule has 0 spiro atoms. The Morgan fingerprint density at radius 3 is 2.86 bits per heavy atom. The van der Waals surface area contributed by atoms with Gasteiger partial charge in [0, 0.05) is 12.7 Å². The fourth-order valence-corrected chi connectivity index (χ4v) is 1.95. The highest BCUT2D eigenvalue weighted by Crippen LogP contribution is 2.24. The van der Waals surface area contributed by atoms with E-state index in [1.165, 1.54) is 0 Å². The molecule has 1 aliphatic heterocycles. The maximum Gasteiger partial charge on any atom is 0.195 e. The molecule has 1 fully saturated rings. The van der Waals surface area contributed by atoms with Gasteiger partial charge in [-0.3, -0.25) is 4.79 Å². The van der Waals surface area contributed by atoms with Crippen molar-refractivity contribution in [2.75, 3.05) is 20.3 Å². The smallest absolute Gasteiger partial charge is 0.195 e. The predicted octanol–water partition coefficient (Wildman–Crippen LogP) is 4.07. The molecule has 1 rings (SSSR count). The molecule has 1 saturated heterocycles. The first-order valence-electron chi connectivity index (χ1n) is 7.40. The van der Waals surface area contributed by atoms with E-state index in [1.54, 1.807) is 13.2 Å². The van der Waals surface area contributed by atoms with E-state index < -0.39 is 0 Å². The number of rotatable bonds is 6. The fraction of sp³-hybridized carbons (Fsp3) is 0.316. The van der Waals surface area contributed by atoms with Gasteiger partial charge in [0.05, 0.1) is 12.2 Å². The molecule has 1 aliphatic rings. The summed E-state index contributed by atoms with van der Waals surface area (Å²) in [6, 6.07) is 0. The highest BCUT2D eigenvalue weighted by atomic mass is 16.5. The second-order valence-corrected chi connectivity index (χ2v) is 4.79. The number of Topliss-reactive ketones (excluding diaryl/α,β-unsaturated/α-hetero) is 1. The van der Waals surface area contributed by atoms with Gasteiger partial charge in [0.15, 0.2) is 5.78 Å². The molecule has 3 heteroatoms. The second-order valence-electron chi connectivity index (χ2n) is 4.79. The molecule has 3 nitrogen and oxygen atoms in total. The van der Waals surface area contributed by atoms with Crippen molar-refractivity contribution < 1.29 is 14.3 Å². The van der Waals surface area contributed by atoms with Gasteiger partial charge in [0.25, 0.3) is 0 Å². The van der Waals surface area contributed by atoms with Crippen LogP contribution in [0.25, 0.3) is 0 Å². The van der Waals surface area contributed by atoms with Gasteiger partial charge in [-0.2, -0.15) is 0 Å². The number of hydrogen-bond donors (Lipinski definition) is 0. The molecule has 0 aromatic rings. The van der Waals surface area contributed by atoms with Crippen molar-refractivity contribution in [3.05, 3.63) is 71.6 Å². The number of ether oxygens (including phenoxy) is 2. The summed E-state index contributed by atoms with van der Waals surface area (Å²) in [6.45, 7) is 8.60. The van der Waals surface area contributed by atoms with Gasteiger partial charge in [-0.15, -0.1) is 0 Å². The monoisotopic (exact) mass is 300 g/mol. The molecule has 0 radical (unpaired) electrons. The minimum atomic E-state index is -0.0656. The van der Waals surface area contributed by atoms with E-state index in [0.717, 1.165) is 12.0 Å². The molecule has 0 bridgehead atoms. The number of carbonyl (C=O) groups is 1. The molecule has 118 valence electrons. The van der Waals surface area contributed by atoms with E-state index in [2.05, 4.69) is 19.6 Å². The van der Waals surface area contributed by atoms with Gasteiger partial charge < -0.3 is 9.47 Å². The maximum atomic E-state index is 12.4. The van der Waals surface area contributed by atoms with Crippen molar-refractivity contribution in [1.82, 2.24) is 0 Å². The minimum Gasteiger partial charge on any atom is -0.488 e. The average Bonchev–Trinajstić information content (AvgIpc) is 2.51. The molecule has 0 aliphatic carbocycles. The van der Waals surface area contributed by atoms with E-state index in [4.69, 9.17) is 9.47 Å². The predicted molar refractivity (Wildman–Crippen MR) is 90.5 cm³/mol. The first-order chi connectivity index (χ1) is 10.6. The van der Waals surface area contributed by atoms with Gasteiger partial charge in [-0.1, -0.05) is 43.9 Å². The SMILES string of the molecule is C=C1C(=O)/C(=C/C(/C=C\COC)=C/CC)CO/C1=C/C=C\C. The lowest BCUT2D eigenvalue weighted by Crippen LogP contribution is -2.20. The largest absolute Gasteiger partial charge is 0.488 e. The standard InChI is InChI=1S/C19H24O3/c1-5-7-11-18-15(3)19(20)17(14-22-18)13-16(9-6-2)10-8-12-21-4/h5,7-11,13H,3,6,12,14H2,1-2,4H3/b7-5-,10-8-,16-9+,17-13+,18-11+. The van der Waals surface area contributed by atoms with E-state index >= 15 is 0 Å². The van der Waals surface area contributed by atoms with Crippen LogP contribution in [0.3, 0.4) is 0 Å². The fourth-order valence-electron chi connectivity index (χ4n) is 1.95. The van der Waals surface area contributed by atoms with Crippen molar-refractivity contribution in [2.45, 2.75) is 20.3 Å². The van der Waals surface area contributed by atoms with E-state index in [9.17, 15) is 4.79 Å². The van der Waals surface area contributed by atoms with E-state index in [1.807, 2.05) is 37.3 Å². The Morgan fingerprint density at radius 2 is 2.23 bits per heavy atom. The normalized spacial score (nSPS) is 20.6. The summed E-state index contributed by atoms with van der Waals surface area (Å²) < 4.78 is 10.6. The lowest BCUT2D eigenvalue weighted by molar-refractivity contribution is -0.113. The quantitative estimate of drug-likeness (QED) is 0.548. The Balaban J connectivity index is 2.94. The topological polar surface area (TPSA) is 35.5 Å². The number of hydrogen-bond acceptors (Lipinski definition) is 3. The van der Waals surface area contributed by atoms with Gasteiger partial charge in [0.1, 0.15) is 12.4 Å². The third-order valence-corrected chi connectivity index (χ3v) is 3.04. The molecule has 0 unspecified atom stereocenters. The van der Waals surface area contributed by atoms with Gasteiger partial charge in [-0.05, 0) is 31.1 Å². The average molecular weight is 300 g/mol. The number of carbonyl (C=O) groups excluding carboxylic acids is 1. The second kappa shape index (κ2) is 9.74. The summed E-state index contributed by atoms with van der Waals surface area (Å²) in [7, 11) is 1.65. The molecule has 0 aromatic carbocycles. The van der Waals surface area contributed by atoms with Crippen molar-refractivity contribution >= 4 is 5.78 Å². The molecule has 0 N–H and O–H groups in total. The first-order valence-corrected chi connectivity index (χ1v) is 7.40. The molecule has 0 saturated carbocycles. The number of ketones is 1.